The summed E-state index contributed by atoms with van der Waals surface area (Å²) in [5.41, 5.74) is 5.85. The lowest BCUT2D eigenvalue weighted by molar-refractivity contribution is 0.549. The lowest BCUT2D eigenvalue weighted by Crippen LogP contribution is -2.18. The Labute approximate surface area is 119 Å². The third kappa shape index (κ3) is 2.48. The molecule has 1 nitrogen and oxygen atoms in total. The van der Waals surface area contributed by atoms with Crippen LogP contribution in [0.25, 0.3) is 11.1 Å². The Bertz CT molecular complexity index is 613. The first kappa shape index (κ1) is 13.3. The number of nitrogens with one attached hydrogen (secondary N) is 1. The maximum absolute atomic E-state index is 13.5. The average molecular weight is 269 g/mol. The highest BCUT2D eigenvalue weighted by atomic mass is 19.1. The van der Waals surface area contributed by atoms with Gasteiger partial charge in [-0.25, -0.2) is 4.39 Å². The molecular weight excluding hydrogens is 249 g/mol. The van der Waals surface area contributed by atoms with E-state index >= 15 is 0 Å². The summed E-state index contributed by atoms with van der Waals surface area (Å²) in [7, 11) is 0. The van der Waals surface area contributed by atoms with Crippen LogP contribution in [0.15, 0.2) is 36.4 Å². The van der Waals surface area contributed by atoms with Crippen LogP contribution in [0.3, 0.4) is 0 Å². The molecule has 0 spiro atoms. The van der Waals surface area contributed by atoms with Crippen molar-refractivity contribution in [3.05, 3.63) is 58.9 Å². The highest BCUT2D eigenvalue weighted by Gasteiger charge is 2.21. The van der Waals surface area contributed by atoms with Gasteiger partial charge in [-0.2, -0.15) is 0 Å². The number of rotatable bonds is 3. The van der Waals surface area contributed by atoms with E-state index in [-0.39, 0.29) is 5.82 Å². The number of aryl methyl sites for hydroxylation is 2. The van der Waals surface area contributed by atoms with Crippen LogP contribution in [0.1, 0.15) is 36.1 Å². The van der Waals surface area contributed by atoms with Crippen LogP contribution in [-0.2, 0) is 6.42 Å². The van der Waals surface area contributed by atoms with E-state index in [1.54, 1.807) is 12.1 Å². The van der Waals surface area contributed by atoms with E-state index in [1.165, 1.54) is 11.1 Å². The molecule has 2 heteroatoms. The molecule has 2 aromatic carbocycles. The zero-order valence-electron chi connectivity index (χ0n) is 12.0. The molecule has 0 aromatic heterocycles. The van der Waals surface area contributed by atoms with Gasteiger partial charge in [0.05, 0.1) is 0 Å². The third-order valence-electron chi connectivity index (χ3n) is 4.05. The second kappa shape index (κ2) is 5.37. The van der Waals surface area contributed by atoms with E-state index in [0.29, 0.717) is 6.04 Å². The van der Waals surface area contributed by atoms with Crippen molar-refractivity contribution in [1.82, 2.24) is 5.32 Å². The molecule has 0 saturated carbocycles. The summed E-state index contributed by atoms with van der Waals surface area (Å²) in [5.74, 6) is -0.161. The maximum Gasteiger partial charge on any atom is 0.124 e. The van der Waals surface area contributed by atoms with E-state index in [4.69, 9.17) is 0 Å². The molecule has 0 fully saturated rings. The number of halogens is 1. The van der Waals surface area contributed by atoms with Gasteiger partial charge >= 0.3 is 0 Å². The van der Waals surface area contributed by atoms with Crippen molar-refractivity contribution in [2.45, 2.75) is 32.7 Å². The monoisotopic (exact) mass is 269 g/mol. The Morgan fingerprint density at radius 2 is 2.00 bits per heavy atom. The first-order chi connectivity index (χ1) is 9.67. The predicted molar refractivity (Wildman–Crippen MR) is 81.3 cm³/mol. The number of hydrogen-bond acceptors (Lipinski definition) is 1. The molecule has 0 bridgehead atoms. The summed E-state index contributed by atoms with van der Waals surface area (Å²) in [6.45, 7) is 5.07. The number of benzene rings is 2. The van der Waals surface area contributed by atoms with Gasteiger partial charge in [0.2, 0.25) is 0 Å². The van der Waals surface area contributed by atoms with Crippen molar-refractivity contribution in [2.75, 3.05) is 6.54 Å². The fraction of sp³-hybridized carbons (Fsp3) is 0.333. The standard InChI is InChI=1S/C18H20FN/c1-3-20-18-7-5-14-10-13(4-6-17(14)18)15-8-12(2)9-16(19)11-15/h4,6,8-11,18,20H,3,5,7H2,1-2H3. The Kier molecular flexibility index (Phi) is 3.58. The van der Waals surface area contributed by atoms with Gasteiger partial charge in [0.15, 0.2) is 0 Å². The molecule has 3 rings (SSSR count). The zero-order chi connectivity index (χ0) is 14.1. The van der Waals surface area contributed by atoms with Gasteiger partial charge < -0.3 is 5.32 Å². The summed E-state index contributed by atoms with van der Waals surface area (Å²) in [6, 6.07) is 12.2. The molecule has 0 saturated heterocycles. The first-order valence-corrected chi connectivity index (χ1v) is 7.31. The van der Waals surface area contributed by atoms with E-state index in [0.717, 1.165) is 36.1 Å². The second-order valence-electron chi connectivity index (χ2n) is 5.58. The minimum Gasteiger partial charge on any atom is -0.310 e. The van der Waals surface area contributed by atoms with Crippen molar-refractivity contribution < 1.29 is 4.39 Å². The molecule has 0 aliphatic heterocycles. The van der Waals surface area contributed by atoms with Gasteiger partial charge in [-0.15, -0.1) is 0 Å². The zero-order valence-corrected chi connectivity index (χ0v) is 12.0. The van der Waals surface area contributed by atoms with E-state index in [2.05, 4.69) is 30.4 Å². The SMILES string of the molecule is CCNC1CCc2cc(-c3cc(C)cc(F)c3)ccc21. The molecular formula is C18H20FN. The van der Waals surface area contributed by atoms with Crippen LogP contribution in [0, 0.1) is 12.7 Å². The molecule has 1 aliphatic carbocycles. The van der Waals surface area contributed by atoms with E-state index < -0.39 is 0 Å². The molecule has 0 heterocycles. The molecule has 1 aliphatic rings. The molecule has 20 heavy (non-hydrogen) atoms. The summed E-state index contributed by atoms with van der Waals surface area (Å²) in [4.78, 5) is 0. The molecule has 104 valence electrons. The van der Waals surface area contributed by atoms with E-state index in [9.17, 15) is 4.39 Å². The highest BCUT2D eigenvalue weighted by Crippen LogP contribution is 2.34. The van der Waals surface area contributed by atoms with Gasteiger partial charge in [-0.05, 0) is 66.3 Å². The molecule has 2 aromatic rings. The molecule has 0 radical (unpaired) electrons. The van der Waals surface area contributed by atoms with Crippen molar-refractivity contribution in [2.24, 2.45) is 0 Å². The summed E-state index contributed by atoms with van der Waals surface area (Å²) >= 11 is 0. The van der Waals surface area contributed by atoms with Crippen LogP contribution >= 0.6 is 0 Å². The minimum atomic E-state index is -0.161. The first-order valence-electron chi connectivity index (χ1n) is 7.31. The Morgan fingerprint density at radius 1 is 1.15 bits per heavy atom. The Hall–Kier alpha value is -1.67. The molecule has 1 atom stereocenters. The molecule has 0 amide bonds. The summed E-state index contributed by atoms with van der Waals surface area (Å²) in [5, 5.41) is 3.52. The van der Waals surface area contributed by atoms with Gasteiger partial charge in [0, 0.05) is 6.04 Å². The lowest BCUT2D eigenvalue weighted by Gasteiger charge is -2.13. The quantitative estimate of drug-likeness (QED) is 0.871. The topological polar surface area (TPSA) is 12.0 Å². The van der Waals surface area contributed by atoms with Gasteiger partial charge in [-0.3, -0.25) is 0 Å². The largest absolute Gasteiger partial charge is 0.310 e. The Balaban J connectivity index is 1.97. The minimum absolute atomic E-state index is 0.161. The fourth-order valence-electron chi connectivity index (χ4n) is 3.16. The van der Waals surface area contributed by atoms with E-state index in [1.807, 2.05) is 13.0 Å². The van der Waals surface area contributed by atoms with Crippen molar-refractivity contribution >= 4 is 0 Å². The fourth-order valence-corrected chi connectivity index (χ4v) is 3.16. The summed E-state index contributed by atoms with van der Waals surface area (Å²) in [6.07, 6.45) is 2.27. The predicted octanol–water partition coefficient (Wildman–Crippen LogP) is 4.40. The average Bonchev–Trinajstić information content (AvgIpc) is 2.81. The third-order valence-corrected chi connectivity index (χ3v) is 4.05. The van der Waals surface area contributed by atoms with Crippen LogP contribution in [-0.4, -0.2) is 6.54 Å². The van der Waals surface area contributed by atoms with Crippen molar-refractivity contribution in [1.29, 1.82) is 0 Å². The highest BCUT2D eigenvalue weighted by molar-refractivity contribution is 5.66. The van der Waals surface area contributed by atoms with Crippen LogP contribution in [0.2, 0.25) is 0 Å². The normalized spacial score (nSPS) is 17.2. The van der Waals surface area contributed by atoms with Crippen LogP contribution in [0.5, 0.6) is 0 Å². The number of hydrogen-bond donors (Lipinski definition) is 1. The Morgan fingerprint density at radius 3 is 2.75 bits per heavy atom. The van der Waals surface area contributed by atoms with Crippen LogP contribution in [0.4, 0.5) is 4.39 Å². The van der Waals surface area contributed by atoms with Crippen molar-refractivity contribution in [3.63, 3.8) is 0 Å². The lowest BCUT2D eigenvalue weighted by atomic mass is 9.98. The second-order valence-corrected chi connectivity index (χ2v) is 5.58. The maximum atomic E-state index is 13.5. The van der Waals surface area contributed by atoms with Gasteiger partial charge in [0.25, 0.3) is 0 Å². The van der Waals surface area contributed by atoms with Gasteiger partial charge in [-0.1, -0.05) is 31.2 Å². The smallest absolute Gasteiger partial charge is 0.124 e. The van der Waals surface area contributed by atoms with Crippen LogP contribution < -0.4 is 5.32 Å². The molecule has 1 unspecified atom stereocenters. The van der Waals surface area contributed by atoms with Gasteiger partial charge in [0.1, 0.15) is 5.82 Å². The number of fused-ring (bicyclic) bond motifs is 1. The van der Waals surface area contributed by atoms with Crippen molar-refractivity contribution in [3.8, 4) is 11.1 Å². The molecule has 1 N–H and O–H groups in total. The summed E-state index contributed by atoms with van der Waals surface area (Å²) < 4.78 is 13.5.